The van der Waals surface area contributed by atoms with Crippen LogP contribution in [0.25, 0.3) is 0 Å². The minimum Gasteiger partial charge on any atom is -0.508 e. The van der Waals surface area contributed by atoms with Crippen molar-refractivity contribution in [1.29, 1.82) is 0 Å². The fourth-order valence-corrected chi connectivity index (χ4v) is 1.43. The van der Waals surface area contributed by atoms with Crippen molar-refractivity contribution in [3.05, 3.63) is 35.2 Å². The number of nitrogens with zero attached hydrogens (tertiary/aromatic N) is 2. The van der Waals surface area contributed by atoms with Gasteiger partial charge in [-0.15, -0.1) is 0 Å². The summed E-state index contributed by atoms with van der Waals surface area (Å²) in [6.45, 7) is 3.57. The highest BCUT2D eigenvalue weighted by atomic mass is 16.3. The van der Waals surface area contributed by atoms with Crippen LogP contribution in [0.15, 0.2) is 18.3 Å². The van der Waals surface area contributed by atoms with Crippen LogP contribution in [-0.4, -0.2) is 26.4 Å². The van der Waals surface area contributed by atoms with Gasteiger partial charge in [0.25, 0.3) is 5.91 Å². The van der Waals surface area contributed by atoms with E-state index in [2.05, 4.69) is 20.7 Å². The molecule has 0 saturated carbocycles. The summed E-state index contributed by atoms with van der Waals surface area (Å²) >= 11 is 0. The van der Waals surface area contributed by atoms with Gasteiger partial charge in [0, 0.05) is 5.69 Å². The zero-order valence-electron chi connectivity index (χ0n) is 9.48. The Balaban J connectivity index is 2.25. The lowest BCUT2D eigenvalue weighted by molar-refractivity contribution is 0.102. The van der Waals surface area contributed by atoms with Crippen LogP contribution < -0.4 is 5.32 Å². The largest absolute Gasteiger partial charge is 0.508 e. The lowest BCUT2D eigenvalue weighted by Gasteiger charge is -2.09. The minimum atomic E-state index is -0.341. The fraction of sp³-hybridized carbons (Fsp3) is 0.182. The van der Waals surface area contributed by atoms with Crippen LogP contribution in [0.5, 0.6) is 5.75 Å². The van der Waals surface area contributed by atoms with Gasteiger partial charge in [0.05, 0.1) is 6.20 Å². The number of benzene rings is 1. The summed E-state index contributed by atoms with van der Waals surface area (Å²) in [5.41, 5.74) is 2.35. The second-order valence-corrected chi connectivity index (χ2v) is 3.76. The van der Waals surface area contributed by atoms with Crippen LogP contribution in [-0.2, 0) is 0 Å². The Morgan fingerprint density at radius 3 is 2.76 bits per heavy atom. The lowest BCUT2D eigenvalue weighted by Crippen LogP contribution is -2.13. The summed E-state index contributed by atoms with van der Waals surface area (Å²) in [7, 11) is 0. The number of aryl methyl sites for hydroxylation is 2. The highest BCUT2D eigenvalue weighted by Gasteiger charge is 2.11. The molecule has 17 heavy (non-hydrogen) atoms. The van der Waals surface area contributed by atoms with E-state index in [1.54, 1.807) is 26.0 Å². The predicted molar refractivity (Wildman–Crippen MR) is 61.9 cm³/mol. The summed E-state index contributed by atoms with van der Waals surface area (Å²) < 4.78 is 0. The van der Waals surface area contributed by atoms with E-state index in [0.717, 1.165) is 5.56 Å². The number of hydrogen-bond acceptors (Lipinski definition) is 4. The van der Waals surface area contributed by atoms with Crippen LogP contribution in [0.1, 0.15) is 21.6 Å². The molecule has 0 fully saturated rings. The Kier molecular flexibility index (Phi) is 2.78. The Bertz CT molecular complexity index is 549. The maximum atomic E-state index is 11.7. The number of carbonyl (C=O) groups excluding carboxylic acids is 1. The van der Waals surface area contributed by atoms with Crippen molar-refractivity contribution in [2.75, 3.05) is 5.32 Å². The van der Waals surface area contributed by atoms with E-state index in [1.165, 1.54) is 6.20 Å². The standard InChI is InChI=1S/C11H12N4O2/c1-6-4-10(16)7(2)3-8(6)13-11(17)9-5-12-15-14-9/h3-5,16H,1-2H3,(H,13,17)(H,12,14,15). The Morgan fingerprint density at radius 1 is 1.35 bits per heavy atom. The van der Waals surface area contributed by atoms with E-state index in [9.17, 15) is 9.90 Å². The van der Waals surface area contributed by atoms with Crippen LogP contribution >= 0.6 is 0 Å². The maximum absolute atomic E-state index is 11.7. The molecule has 1 aromatic carbocycles. The van der Waals surface area contributed by atoms with Crippen molar-refractivity contribution in [2.24, 2.45) is 0 Å². The number of phenolic OH excluding ortho intramolecular Hbond substituents is 1. The Labute approximate surface area is 97.7 Å². The molecule has 3 N–H and O–H groups in total. The highest BCUT2D eigenvalue weighted by Crippen LogP contribution is 2.25. The fourth-order valence-electron chi connectivity index (χ4n) is 1.43. The van der Waals surface area contributed by atoms with Crippen molar-refractivity contribution in [3.8, 4) is 5.75 Å². The van der Waals surface area contributed by atoms with Crippen molar-refractivity contribution in [2.45, 2.75) is 13.8 Å². The topological polar surface area (TPSA) is 90.9 Å². The molecule has 1 amide bonds. The normalized spacial score (nSPS) is 10.2. The van der Waals surface area contributed by atoms with E-state index >= 15 is 0 Å². The Hall–Kier alpha value is -2.37. The van der Waals surface area contributed by atoms with Gasteiger partial charge in [-0.1, -0.05) is 0 Å². The Morgan fingerprint density at radius 2 is 2.12 bits per heavy atom. The number of nitrogens with one attached hydrogen (secondary N) is 2. The minimum absolute atomic E-state index is 0.210. The second-order valence-electron chi connectivity index (χ2n) is 3.76. The second kappa shape index (κ2) is 4.25. The van der Waals surface area contributed by atoms with Gasteiger partial charge in [-0.3, -0.25) is 4.79 Å². The first-order valence-corrected chi connectivity index (χ1v) is 5.05. The van der Waals surface area contributed by atoms with Gasteiger partial charge in [0.2, 0.25) is 0 Å². The quantitative estimate of drug-likeness (QED) is 0.682. The summed E-state index contributed by atoms with van der Waals surface area (Å²) in [5.74, 6) is -0.131. The molecule has 0 atom stereocenters. The number of H-pyrrole nitrogens is 1. The van der Waals surface area contributed by atoms with E-state index in [4.69, 9.17) is 0 Å². The molecular weight excluding hydrogens is 220 g/mol. The van der Waals surface area contributed by atoms with Crippen LogP contribution in [0.3, 0.4) is 0 Å². The molecule has 2 rings (SSSR count). The molecule has 0 aliphatic carbocycles. The molecule has 0 aliphatic rings. The van der Waals surface area contributed by atoms with Crippen LogP contribution in [0, 0.1) is 13.8 Å². The first-order valence-electron chi connectivity index (χ1n) is 5.05. The van der Waals surface area contributed by atoms with E-state index in [1.807, 2.05) is 0 Å². The summed E-state index contributed by atoms with van der Waals surface area (Å²) in [6, 6.07) is 3.32. The van der Waals surface area contributed by atoms with Gasteiger partial charge in [0.1, 0.15) is 5.75 Å². The van der Waals surface area contributed by atoms with Gasteiger partial charge in [-0.05, 0) is 37.1 Å². The molecule has 0 bridgehead atoms. The third kappa shape index (κ3) is 2.25. The van der Waals surface area contributed by atoms with Crippen molar-refractivity contribution in [3.63, 3.8) is 0 Å². The van der Waals surface area contributed by atoms with Gasteiger partial charge in [-0.2, -0.15) is 15.4 Å². The molecule has 6 heteroatoms. The zero-order chi connectivity index (χ0) is 12.4. The molecule has 0 aliphatic heterocycles. The molecule has 0 saturated heterocycles. The number of aromatic amines is 1. The molecule has 1 heterocycles. The molecule has 6 nitrogen and oxygen atoms in total. The molecule has 2 aromatic rings. The van der Waals surface area contributed by atoms with E-state index in [0.29, 0.717) is 11.3 Å². The first-order chi connectivity index (χ1) is 8.08. The first kappa shape index (κ1) is 11.1. The molecule has 88 valence electrons. The molecule has 1 aromatic heterocycles. The SMILES string of the molecule is Cc1cc(NC(=O)c2cn[nH]n2)c(C)cc1O. The third-order valence-corrected chi connectivity index (χ3v) is 2.44. The summed E-state index contributed by atoms with van der Waals surface area (Å²) in [4.78, 5) is 11.7. The maximum Gasteiger partial charge on any atom is 0.277 e. The number of phenols is 1. The molecular formula is C11H12N4O2. The molecule has 0 unspecified atom stereocenters. The van der Waals surface area contributed by atoms with Gasteiger partial charge in [0.15, 0.2) is 5.69 Å². The van der Waals surface area contributed by atoms with Gasteiger partial charge >= 0.3 is 0 Å². The van der Waals surface area contributed by atoms with Crippen molar-refractivity contribution in [1.82, 2.24) is 15.4 Å². The zero-order valence-corrected chi connectivity index (χ0v) is 9.48. The number of amides is 1. The molecule has 0 spiro atoms. The van der Waals surface area contributed by atoms with Gasteiger partial charge < -0.3 is 10.4 Å². The summed E-state index contributed by atoms with van der Waals surface area (Å²) in [5, 5.41) is 21.8. The number of aromatic hydroxyl groups is 1. The third-order valence-electron chi connectivity index (χ3n) is 2.44. The number of hydrogen-bond donors (Lipinski definition) is 3. The van der Waals surface area contributed by atoms with Crippen LogP contribution in [0.2, 0.25) is 0 Å². The smallest absolute Gasteiger partial charge is 0.277 e. The van der Waals surface area contributed by atoms with E-state index < -0.39 is 0 Å². The van der Waals surface area contributed by atoms with Gasteiger partial charge in [-0.25, -0.2) is 0 Å². The number of rotatable bonds is 2. The predicted octanol–water partition coefficient (Wildman–Crippen LogP) is 1.38. The van der Waals surface area contributed by atoms with Crippen LogP contribution in [0.4, 0.5) is 5.69 Å². The van der Waals surface area contributed by atoms with Crippen molar-refractivity contribution < 1.29 is 9.90 Å². The monoisotopic (exact) mass is 232 g/mol. The summed E-state index contributed by atoms with van der Waals surface area (Å²) in [6.07, 6.45) is 1.35. The average Bonchev–Trinajstić information content (AvgIpc) is 2.79. The number of carbonyl (C=O) groups is 1. The van der Waals surface area contributed by atoms with Crippen molar-refractivity contribution >= 4 is 11.6 Å². The highest BCUT2D eigenvalue weighted by molar-refractivity contribution is 6.03. The molecule has 0 radical (unpaired) electrons. The number of anilines is 1. The lowest BCUT2D eigenvalue weighted by atomic mass is 10.1. The number of aromatic nitrogens is 3. The van der Waals surface area contributed by atoms with E-state index in [-0.39, 0.29) is 17.4 Å². The average molecular weight is 232 g/mol.